The maximum atomic E-state index is 12.9. The molecule has 30 heavy (non-hydrogen) atoms. The highest BCUT2D eigenvalue weighted by molar-refractivity contribution is 6.07. The first-order valence-corrected chi connectivity index (χ1v) is 10.0. The third-order valence-electron chi connectivity index (χ3n) is 5.01. The lowest BCUT2D eigenvalue weighted by Gasteiger charge is -2.09. The Bertz CT molecular complexity index is 1200. The highest BCUT2D eigenvalue weighted by Crippen LogP contribution is 2.24. The lowest BCUT2D eigenvalue weighted by atomic mass is 10.0. The Hall–Kier alpha value is -3.79. The Kier molecular flexibility index (Phi) is 5.66. The molecular formula is C26H23N3O. The van der Waals surface area contributed by atoms with Gasteiger partial charge in [0.15, 0.2) is 0 Å². The van der Waals surface area contributed by atoms with Crippen LogP contribution in [-0.2, 0) is 0 Å². The van der Waals surface area contributed by atoms with E-state index in [9.17, 15) is 4.79 Å². The normalized spacial score (nSPS) is 11.3. The molecule has 0 bridgehead atoms. The predicted octanol–water partition coefficient (Wildman–Crippen LogP) is 5.79. The molecule has 4 nitrogen and oxygen atoms in total. The van der Waals surface area contributed by atoms with Gasteiger partial charge in [0, 0.05) is 10.9 Å². The van der Waals surface area contributed by atoms with E-state index in [-0.39, 0.29) is 5.91 Å². The third-order valence-corrected chi connectivity index (χ3v) is 5.01. The van der Waals surface area contributed by atoms with E-state index in [0.717, 1.165) is 27.7 Å². The number of hydrazone groups is 1. The first kappa shape index (κ1) is 19.5. The zero-order valence-electron chi connectivity index (χ0n) is 17.0. The van der Waals surface area contributed by atoms with Gasteiger partial charge >= 0.3 is 0 Å². The number of hydrogen-bond acceptors (Lipinski definition) is 3. The summed E-state index contributed by atoms with van der Waals surface area (Å²) in [6.07, 6.45) is 1.66. The average molecular weight is 393 g/mol. The van der Waals surface area contributed by atoms with E-state index in [4.69, 9.17) is 4.98 Å². The van der Waals surface area contributed by atoms with Gasteiger partial charge < -0.3 is 0 Å². The van der Waals surface area contributed by atoms with Gasteiger partial charge in [-0.3, -0.25) is 4.79 Å². The number of carbonyl (C=O) groups is 1. The number of para-hydroxylation sites is 1. The molecule has 0 fully saturated rings. The number of carbonyl (C=O) groups excluding carboxylic acids is 1. The van der Waals surface area contributed by atoms with Crippen LogP contribution in [0.4, 0.5) is 0 Å². The molecule has 0 saturated carbocycles. The van der Waals surface area contributed by atoms with E-state index >= 15 is 0 Å². The maximum absolute atomic E-state index is 12.9. The summed E-state index contributed by atoms with van der Waals surface area (Å²) in [5, 5.41) is 4.95. The summed E-state index contributed by atoms with van der Waals surface area (Å²) in [6.45, 7) is 4.32. The molecule has 1 heterocycles. The summed E-state index contributed by atoms with van der Waals surface area (Å²) in [6, 6.07) is 27.5. The van der Waals surface area contributed by atoms with Crippen molar-refractivity contribution in [3.8, 4) is 11.3 Å². The topological polar surface area (TPSA) is 54.4 Å². The minimum Gasteiger partial charge on any atom is -0.267 e. The second kappa shape index (κ2) is 8.70. The van der Waals surface area contributed by atoms with Crippen molar-refractivity contribution in [1.82, 2.24) is 10.4 Å². The molecule has 3 aromatic carbocycles. The van der Waals surface area contributed by atoms with Crippen molar-refractivity contribution in [3.05, 3.63) is 102 Å². The number of fused-ring (bicyclic) bond motifs is 1. The van der Waals surface area contributed by atoms with Crippen molar-refractivity contribution in [1.29, 1.82) is 0 Å². The Labute approximate surface area is 176 Å². The molecule has 0 unspecified atom stereocenters. The van der Waals surface area contributed by atoms with Crippen molar-refractivity contribution in [3.63, 3.8) is 0 Å². The molecule has 0 aliphatic heterocycles. The average Bonchev–Trinajstić information content (AvgIpc) is 2.79. The lowest BCUT2D eigenvalue weighted by molar-refractivity contribution is 0.0956. The lowest BCUT2D eigenvalue weighted by Crippen LogP contribution is -2.18. The van der Waals surface area contributed by atoms with Gasteiger partial charge in [0.2, 0.25) is 0 Å². The van der Waals surface area contributed by atoms with Gasteiger partial charge in [-0.15, -0.1) is 0 Å². The zero-order chi connectivity index (χ0) is 20.9. The van der Waals surface area contributed by atoms with Crippen LogP contribution in [0.3, 0.4) is 0 Å². The standard InChI is InChI=1S/C26H23N3O/c1-18(2)20-14-12-19(13-15-20)17-27-29-26(30)23-16-25(21-8-4-3-5-9-21)28-24-11-7-6-10-22(23)24/h3-18H,1-2H3,(H,29,30)/b27-17+. The largest absolute Gasteiger partial charge is 0.272 e. The molecule has 148 valence electrons. The fraction of sp³-hybridized carbons (Fsp3) is 0.115. The van der Waals surface area contributed by atoms with E-state index < -0.39 is 0 Å². The number of pyridine rings is 1. The van der Waals surface area contributed by atoms with Gasteiger partial charge in [-0.25, -0.2) is 10.4 Å². The van der Waals surface area contributed by atoms with E-state index in [1.807, 2.05) is 72.8 Å². The van der Waals surface area contributed by atoms with E-state index in [0.29, 0.717) is 11.5 Å². The smallest absolute Gasteiger partial charge is 0.267 e. The van der Waals surface area contributed by atoms with Crippen LogP contribution < -0.4 is 5.43 Å². The molecule has 4 rings (SSSR count). The number of benzene rings is 3. The molecule has 4 heteroatoms. The van der Waals surface area contributed by atoms with Gasteiger partial charge in [-0.05, 0) is 29.2 Å². The summed E-state index contributed by atoms with van der Waals surface area (Å²) in [4.78, 5) is 17.6. The second-order valence-electron chi connectivity index (χ2n) is 7.46. The SMILES string of the molecule is CC(C)c1ccc(/C=N/NC(=O)c2cc(-c3ccccc3)nc3ccccc23)cc1. The molecule has 0 aliphatic carbocycles. The first-order chi connectivity index (χ1) is 14.6. The molecule has 0 aliphatic rings. The molecule has 4 aromatic rings. The third kappa shape index (κ3) is 4.28. The van der Waals surface area contributed by atoms with Crippen molar-refractivity contribution in [2.45, 2.75) is 19.8 Å². The molecule has 0 atom stereocenters. The van der Waals surface area contributed by atoms with Gasteiger partial charge in [-0.2, -0.15) is 5.10 Å². The fourth-order valence-corrected chi connectivity index (χ4v) is 3.31. The minimum atomic E-state index is -0.263. The zero-order valence-corrected chi connectivity index (χ0v) is 17.0. The van der Waals surface area contributed by atoms with Gasteiger partial charge in [0.1, 0.15) is 0 Å². The molecule has 0 spiro atoms. The number of nitrogens with one attached hydrogen (secondary N) is 1. The Morgan fingerprint density at radius 1 is 0.933 bits per heavy atom. The Morgan fingerprint density at radius 3 is 2.37 bits per heavy atom. The fourth-order valence-electron chi connectivity index (χ4n) is 3.31. The van der Waals surface area contributed by atoms with Crippen LogP contribution in [0.5, 0.6) is 0 Å². The van der Waals surface area contributed by atoms with Crippen LogP contribution in [0.25, 0.3) is 22.2 Å². The summed E-state index contributed by atoms with van der Waals surface area (Å²) < 4.78 is 0. The summed E-state index contributed by atoms with van der Waals surface area (Å²) >= 11 is 0. The maximum Gasteiger partial charge on any atom is 0.272 e. The van der Waals surface area contributed by atoms with Crippen molar-refractivity contribution < 1.29 is 4.79 Å². The molecule has 1 aromatic heterocycles. The van der Waals surface area contributed by atoms with E-state index in [2.05, 4.69) is 36.5 Å². The number of nitrogens with zero attached hydrogens (tertiary/aromatic N) is 2. The summed E-state index contributed by atoms with van der Waals surface area (Å²) in [5.74, 6) is 0.218. The van der Waals surface area contributed by atoms with E-state index in [1.165, 1.54) is 5.56 Å². The van der Waals surface area contributed by atoms with E-state index in [1.54, 1.807) is 6.21 Å². The Morgan fingerprint density at radius 2 is 1.63 bits per heavy atom. The van der Waals surface area contributed by atoms with Gasteiger partial charge in [0.05, 0.1) is 23.0 Å². The second-order valence-corrected chi connectivity index (χ2v) is 7.46. The van der Waals surface area contributed by atoms with Crippen LogP contribution >= 0.6 is 0 Å². The van der Waals surface area contributed by atoms with Crippen molar-refractivity contribution in [2.24, 2.45) is 5.10 Å². The van der Waals surface area contributed by atoms with Crippen LogP contribution in [0, 0.1) is 0 Å². The first-order valence-electron chi connectivity index (χ1n) is 10.0. The van der Waals surface area contributed by atoms with Gasteiger partial charge in [-0.1, -0.05) is 86.6 Å². The number of hydrogen-bond donors (Lipinski definition) is 1. The predicted molar refractivity (Wildman–Crippen MR) is 123 cm³/mol. The molecule has 1 amide bonds. The van der Waals surface area contributed by atoms with Crippen LogP contribution in [0.15, 0.2) is 90.0 Å². The molecular weight excluding hydrogens is 370 g/mol. The van der Waals surface area contributed by atoms with Crippen molar-refractivity contribution >= 4 is 23.0 Å². The summed E-state index contributed by atoms with van der Waals surface area (Å²) in [5.41, 5.74) is 7.91. The van der Waals surface area contributed by atoms with Crippen LogP contribution in [0.1, 0.15) is 41.3 Å². The number of aromatic nitrogens is 1. The highest BCUT2D eigenvalue weighted by atomic mass is 16.2. The Balaban J connectivity index is 1.61. The summed E-state index contributed by atoms with van der Waals surface area (Å²) in [7, 11) is 0. The monoisotopic (exact) mass is 393 g/mol. The van der Waals surface area contributed by atoms with Crippen LogP contribution in [-0.4, -0.2) is 17.1 Å². The highest BCUT2D eigenvalue weighted by Gasteiger charge is 2.13. The van der Waals surface area contributed by atoms with Crippen molar-refractivity contribution in [2.75, 3.05) is 0 Å². The quantitative estimate of drug-likeness (QED) is 0.345. The molecule has 0 saturated heterocycles. The molecule has 1 N–H and O–H groups in total. The number of rotatable bonds is 5. The number of amides is 1. The van der Waals surface area contributed by atoms with Gasteiger partial charge in [0.25, 0.3) is 5.91 Å². The molecule has 0 radical (unpaired) electrons. The minimum absolute atomic E-state index is 0.263. The van der Waals surface area contributed by atoms with Crippen LogP contribution in [0.2, 0.25) is 0 Å².